The van der Waals surface area contributed by atoms with E-state index in [4.69, 9.17) is 10.5 Å². The molecule has 0 bridgehead atoms. The molecule has 2 rings (SSSR count). The fourth-order valence-corrected chi connectivity index (χ4v) is 2.00. The standard InChI is InChI=1S/C14H20N4O2/c1-9(2)20-5-4-18(3)13-7-12-10(6-11(13)15)14(19)17-8-16-12/h6-9H,4-5,15H2,1-3H3,(H,16,17,19). The predicted octanol–water partition coefficient (Wildman–Crippen LogP) is 1.37. The number of nitrogens with one attached hydrogen (secondary N) is 1. The van der Waals surface area contributed by atoms with Gasteiger partial charge in [-0.2, -0.15) is 0 Å². The van der Waals surface area contributed by atoms with Gasteiger partial charge in [0, 0.05) is 13.6 Å². The molecule has 0 fully saturated rings. The van der Waals surface area contributed by atoms with Crippen LogP contribution in [0.5, 0.6) is 0 Å². The van der Waals surface area contributed by atoms with Crippen molar-refractivity contribution in [3.63, 3.8) is 0 Å². The third-order valence-corrected chi connectivity index (χ3v) is 3.08. The van der Waals surface area contributed by atoms with Crippen molar-refractivity contribution >= 4 is 22.3 Å². The van der Waals surface area contributed by atoms with Gasteiger partial charge in [-0.25, -0.2) is 4.98 Å². The van der Waals surface area contributed by atoms with Gasteiger partial charge >= 0.3 is 0 Å². The molecule has 0 unspecified atom stereocenters. The minimum absolute atomic E-state index is 0.181. The van der Waals surface area contributed by atoms with Gasteiger partial charge in [-0.05, 0) is 26.0 Å². The molecule has 6 heteroatoms. The normalized spacial score (nSPS) is 11.2. The lowest BCUT2D eigenvalue weighted by Gasteiger charge is -2.22. The number of hydrogen-bond donors (Lipinski definition) is 2. The molecule has 0 saturated heterocycles. The zero-order chi connectivity index (χ0) is 14.7. The third-order valence-electron chi connectivity index (χ3n) is 3.08. The lowest BCUT2D eigenvalue weighted by Crippen LogP contribution is -2.25. The van der Waals surface area contributed by atoms with Gasteiger partial charge in [-0.15, -0.1) is 0 Å². The summed E-state index contributed by atoms with van der Waals surface area (Å²) in [5, 5.41) is 0.501. The molecule has 0 aliphatic heterocycles. The van der Waals surface area contributed by atoms with Crippen molar-refractivity contribution in [2.45, 2.75) is 20.0 Å². The van der Waals surface area contributed by atoms with Crippen LogP contribution in [0.3, 0.4) is 0 Å². The fraction of sp³-hybridized carbons (Fsp3) is 0.429. The van der Waals surface area contributed by atoms with Crippen molar-refractivity contribution in [1.29, 1.82) is 0 Å². The van der Waals surface area contributed by atoms with E-state index < -0.39 is 0 Å². The second-order valence-electron chi connectivity index (χ2n) is 5.00. The Labute approximate surface area is 117 Å². The first kappa shape index (κ1) is 14.3. The lowest BCUT2D eigenvalue weighted by molar-refractivity contribution is 0.0846. The first-order valence-corrected chi connectivity index (χ1v) is 6.58. The molecule has 1 aromatic heterocycles. The number of nitrogen functional groups attached to an aromatic ring is 1. The zero-order valence-electron chi connectivity index (χ0n) is 12.0. The van der Waals surface area contributed by atoms with Crippen LogP contribution in [0.1, 0.15) is 13.8 Å². The molecular weight excluding hydrogens is 256 g/mol. The van der Waals surface area contributed by atoms with E-state index in [1.165, 1.54) is 6.33 Å². The molecule has 0 amide bonds. The van der Waals surface area contributed by atoms with Crippen molar-refractivity contribution in [1.82, 2.24) is 9.97 Å². The van der Waals surface area contributed by atoms with Gasteiger partial charge in [0.25, 0.3) is 5.56 Å². The summed E-state index contributed by atoms with van der Waals surface area (Å²) in [5.74, 6) is 0. The number of fused-ring (bicyclic) bond motifs is 1. The van der Waals surface area contributed by atoms with Gasteiger partial charge < -0.3 is 20.4 Å². The molecule has 3 N–H and O–H groups in total. The minimum atomic E-state index is -0.181. The topological polar surface area (TPSA) is 84.2 Å². The molecule has 0 radical (unpaired) electrons. The highest BCUT2D eigenvalue weighted by Gasteiger charge is 2.10. The Kier molecular flexibility index (Phi) is 4.24. The van der Waals surface area contributed by atoms with Crippen LogP contribution in [0, 0.1) is 0 Å². The SMILES string of the molecule is CC(C)OCCN(C)c1cc2nc[nH]c(=O)c2cc1N. The second-order valence-corrected chi connectivity index (χ2v) is 5.00. The van der Waals surface area contributed by atoms with E-state index in [1.807, 2.05) is 31.9 Å². The third kappa shape index (κ3) is 3.08. The molecule has 1 heterocycles. The van der Waals surface area contributed by atoms with Crippen molar-refractivity contribution in [3.05, 3.63) is 28.8 Å². The fourth-order valence-electron chi connectivity index (χ4n) is 2.00. The smallest absolute Gasteiger partial charge is 0.258 e. The molecule has 2 aromatic rings. The highest BCUT2D eigenvalue weighted by molar-refractivity contribution is 5.88. The van der Waals surface area contributed by atoms with Crippen molar-refractivity contribution in [2.24, 2.45) is 0 Å². The molecule has 0 aliphatic rings. The number of aromatic amines is 1. The number of benzene rings is 1. The highest BCUT2D eigenvalue weighted by atomic mass is 16.5. The Bertz CT molecular complexity index is 651. The number of H-pyrrole nitrogens is 1. The van der Waals surface area contributed by atoms with E-state index in [2.05, 4.69) is 9.97 Å². The molecule has 6 nitrogen and oxygen atoms in total. The minimum Gasteiger partial charge on any atom is -0.397 e. The number of hydrogen-bond acceptors (Lipinski definition) is 5. The summed E-state index contributed by atoms with van der Waals surface area (Å²) in [6, 6.07) is 3.49. The van der Waals surface area contributed by atoms with Gasteiger partial charge in [0.05, 0.1) is 41.3 Å². The van der Waals surface area contributed by atoms with Gasteiger partial charge in [-0.3, -0.25) is 4.79 Å². The van der Waals surface area contributed by atoms with Crippen molar-refractivity contribution < 1.29 is 4.74 Å². The van der Waals surface area contributed by atoms with Gasteiger partial charge in [0.15, 0.2) is 0 Å². The van der Waals surface area contributed by atoms with Crippen LogP contribution < -0.4 is 16.2 Å². The number of ether oxygens (including phenoxy) is 1. The maximum Gasteiger partial charge on any atom is 0.258 e. The number of anilines is 2. The van der Waals surface area contributed by atoms with Crippen LogP contribution >= 0.6 is 0 Å². The Morgan fingerprint density at radius 2 is 2.20 bits per heavy atom. The van der Waals surface area contributed by atoms with E-state index >= 15 is 0 Å². The summed E-state index contributed by atoms with van der Waals surface area (Å²) in [6.45, 7) is 5.34. The van der Waals surface area contributed by atoms with E-state index in [1.54, 1.807) is 6.07 Å². The highest BCUT2D eigenvalue weighted by Crippen LogP contribution is 2.25. The van der Waals surface area contributed by atoms with Crippen LogP contribution in [0.15, 0.2) is 23.3 Å². The van der Waals surface area contributed by atoms with Crippen LogP contribution in [-0.4, -0.2) is 36.3 Å². The van der Waals surface area contributed by atoms with Gasteiger partial charge in [0.1, 0.15) is 0 Å². The van der Waals surface area contributed by atoms with E-state index in [0.717, 1.165) is 12.2 Å². The van der Waals surface area contributed by atoms with Crippen molar-refractivity contribution in [3.8, 4) is 0 Å². The average Bonchev–Trinajstić information content (AvgIpc) is 2.38. The maximum absolute atomic E-state index is 11.7. The van der Waals surface area contributed by atoms with Gasteiger partial charge in [0.2, 0.25) is 0 Å². The summed E-state index contributed by atoms with van der Waals surface area (Å²) in [6.07, 6.45) is 1.60. The number of aromatic nitrogens is 2. The van der Waals surface area contributed by atoms with E-state index in [9.17, 15) is 4.79 Å². The number of nitrogens with zero attached hydrogens (tertiary/aromatic N) is 2. The Balaban J connectivity index is 2.25. The molecular formula is C14H20N4O2. The summed E-state index contributed by atoms with van der Waals surface area (Å²) in [5.41, 5.74) is 7.89. The second kappa shape index (κ2) is 5.92. The number of rotatable bonds is 5. The summed E-state index contributed by atoms with van der Waals surface area (Å²) in [4.78, 5) is 20.4. The summed E-state index contributed by atoms with van der Waals surface area (Å²) < 4.78 is 5.53. The number of nitrogens with two attached hydrogens (primary N) is 1. The Morgan fingerprint density at radius 1 is 1.45 bits per heavy atom. The molecule has 1 aromatic carbocycles. The van der Waals surface area contributed by atoms with Crippen LogP contribution in [0.4, 0.5) is 11.4 Å². The first-order chi connectivity index (χ1) is 9.49. The van der Waals surface area contributed by atoms with E-state index in [0.29, 0.717) is 23.2 Å². The lowest BCUT2D eigenvalue weighted by atomic mass is 10.2. The van der Waals surface area contributed by atoms with Crippen LogP contribution in [0.25, 0.3) is 10.9 Å². The Morgan fingerprint density at radius 3 is 2.90 bits per heavy atom. The molecule has 20 heavy (non-hydrogen) atoms. The molecule has 0 spiro atoms. The maximum atomic E-state index is 11.7. The average molecular weight is 276 g/mol. The molecule has 0 saturated carbocycles. The summed E-state index contributed by atoms with van der Waals surface area (Å²) in [7, 11) is 1.94. The largest absolute Gasteiger partial charge is 0.397 e. The van der Waals surface area contributed by atoms with Crippen LogP contribution in [-0.2, 0) is 4.74 Å². The predicted molar refractivity (Wildman–Crippen MR) is 81.1 cm³/mol. The van der Waals surface area contributed by atoms with Crippen molar-refractivity contribution in [2.75, 3.05) is 30.8 Å². The summed E-state index contributed by atoms with van der Waals surface area (Å²) >= 11 is 0. The monoisotopic (exact) mass is 276 g/mol. The first-order valence-electron chi connectivity index (χ1n) is 6.58. The quantitative estimate of drug-likeness (QED) is 0.806. The number of likely N-dealkylation sites (N-methyl/N-ethyl adjacent to an activating group) is 1. The van der Waals surface area contributed by atoms with Gasteiger partial charge in [-0.1, -0.05) is 0 Å². The van der Waals surface area contributed by atoms with Crippen LogP contribution in [0.2, 0.25) is 0 Å². The Hall–Kier alpha value is -2.08. The molecule has 108 valence electrons. The molecule has 0 aliphatic carbocycles. The molecule has 0 atom stereocenters. The van der Waals surface area contributed by atoms with E-state index in [-0.39, 0.29) is 11.7 Å². The zero-order valence-corrected chi connectivity index (χ0v) is 12.0.